The number of benzene rings is 6. The molecule has 6 aromatic carbocycles. The Morgan fingerprint density at radius 1 is 0.409 bits per heavy atom. The van der Waals surface area contributed by atoms with E-state index >= 15 is 0 Å². The molecule has 0 amide bonds. The van der Waals surface area contributed by atoms with Gasteiger partial charge in [0, 0.05) is 39.4 Å². The van der Waals surface area contributed by atoms with Crippen molar-refractivity contribution in [2.75, 3.05) is 9.80 Å². The largest absolute Gasteiger partial charge is 0.311 e. The van der Waals surface area contributed by atoms with E-state index in [1.54, 1.807) is 0 Å². The molecule has 338 valence electrons. The smallest absolute Gasteiger partial charge is 0.252 e. The normalized spacial score (nSPS) is 19.8. The van der Waals surface area contributed by atoms with Gasteiger partial charge in [-0.2, -0.15) is 0 Å². The van der Waals surface area contributed by atoms with E-state index in [9.17, 15) is 0 Å². The van der Waals surface area contributed by atoms with Gasteiger partial charge in [-0.1, -0.05) is 171 Å². The third-order valence-corrected chi connectivity index (χ3v) is 17.7. The molecule has 2 aliphatic heterocycles. The Labute approximate surface area is 398 Å². The maximum Gasteiger partial charge on any atom is 0.252 e. The van der Waals surface area contributed by atoms with Crippen LogP contribution in [0, 0.1) is 0 Å². The highest BCUT2D eigenvalue weighted by Gasteiger charge is 2.49. The molecule has 3 aliphatic carbocycles. The van der Waals surface area contributed by atoms with Crippen LogP contribution in [0.25, 0.3) is 11.1 Å². The molecule has 0 radical (unpaired) electrons. The number of fused-ring (bicyclic) bond motifs is 9. The Hall–Kier alpha value is -5.02. The summed E-state index contributed by atoms with van der Waals surface area (Å²) < 4.78 is 0. The van der Waals surface area contributed by atoms with Gasteiger partial charge in [-0.15, -0.1) is 0 Å². The quantitative estimate of drug-likeness (QED) is 0.160. The van der Waals surface area contributed by atoms with E-state index in [1.165, 1.54) is 132 Å². The zero-order valence-corrected chi connectivity index (χ0v) is 43.1. The molecule has 0 unspecified atom stereocenters. The lowest BCUT2D eigenvalue weighted by Gasteiger charge is -2.48. The van der Waals surface area contributed by atoms with Crippen LogP contribution in [0.2, 0.25) is 0 Å². The summed E-state index contributed by atoms with van der Waals surface area (Å²) in [5.41, 5.74) is 26.5. The van der Waals surface area contributed by atoms with Gasteiger partial charge < -0.3 is 9.80 Å². The fourth-order valence-corrected chi connectivity index (χ4v) is 13.1. The topological polar surface area (TPSA) is 6.48 Å². The molecule has 0 saturated heterocycles. The zero-order valence-electron chi connectivity index (χ0n) is 43.1. The highest BCUT2D eigenvalue weighted by molar-refractivity contribution is 7.00. The minimum absolute atomic E-state index is 0.0227. The Kier molecular flexibility index (Phi) is 8.96. The second-order valence-electron chi connectivity index (χ2n) is 26.4. The maximum absolute atomic E-state index is 2.74. The Balaban J connectivity index is 1.30. The third-order valence-electron chi connectivity index (χ3n) is 17.7. The minimum atomic E-state index is -0.115. The molecule has 6 aromatic rings. The van der Waals surface area contributed by atoms with Crippen molar-refractivity contribution < 1.29 is 0 Å². The predicted molar refractivity (Wildman–Crippen MR) is 286 cm³/mol. The first-order valence-corrected chi connectivity index (χ1v) is 25.2. The predicted octanol–water partition coefficient (Wildman–Crippen LogP) is 15.4. The second kappa shape index (κ2) is 13.6. The first kappa shape index (κ1) is 43.5. The number of nitrogens with zero attached hydrogens (tertiary/aromatic N) is 2. The molecule has 0 saturated carbocycles. The van der Waals surface area contributed by atoms with Crippen molar-refractivity contribution in [1.29, 1.82) is 0 Å². The van der Waals surface area contributed by atoms with Crippen LogP contribution in [0.15, 0.2) is 103 Å². The molecule has 66 heavy (non-hydrogen) atoms. The van der Waals surface area contributed by atoms with Crippen molar-refractivity contribution in [1.82, 2.24) is 0 Å². The second-order valence-corrected chi connectivity index (χ2v) is 26.4. The Morgan fingerprint density at radius 2 is 0.955 bits per heavy atom. The molecule has 0 aromatic heterocycles. The monoisotopic (exact) mass is 869 g/mol. The molecule has 3 heteroatoms. The third kappa shape index (κ3) is 6.12. The van der Waals surface area contributed by atoms with Crippen molar-refractivity contribution in [3.63, 3.8) is 0 Å². The number of hydrogen-bond acceptors (Lipinski definition) is 2. The van der Waals surface area contributed by atoms with Crippen molar-refractivity contribution in [2.24, 2.45) is 0 Å². The summed E-state index contributed by atoms with van der Waals surface area (Å²) in [6.07, 6.45) is 4.75. The minimum Gasteiger partial charge on any atom is -0.311 e. The molecule has 2 nitrogen and oxygen atoms in total. The highest BCUT2D eigenvalue weighted by atomic mass is 15.2. The van der Waals surface area contributed by atoms with E-state index in [-0.39, 0.29) is 44.6 Å². The van der Waals surface area contributed by atoms with Gasteiger partial charge in [0.05, 0.1) is 5.69 Å². The SMILES string of the molecule is CC(C)(C)c1ccc2c(c1)B1c3cc4c(cc3N(c3ccc5c(c3)C(C)(C)CCC5(C)C)c3cc(C(C)(C)C)cc(c31)N2c1cccc2c1-c1ccccc1C2(C)C)C(C)(C)CCC4(C)C. The average molecular weight is 869 g/mol. The summed E-state index contributed by atoms with van der Waals surface area (Å²) in [6, 6.07) is 42.0. The summed E-state index contributed by atoms with van der Waals surface area (Å²) in [5, 5.41) is 0. The molecule has 0 spiro atoms. The zero-order chi connectivity index (χ0) is 47.1. The Morgan fingerprint density at radius 3 is 1.59 bits per heavy atom. The summed E-state index contributed by atoms with van der Waals surface area (Å²) >= 11 is 0. The van der Waals surface area contributed by atoms with E-state index in [2.05, 4.69) is 224 Å². The number of hydrogen-bond donors (Lipinski definition) is 0. The van der Waals surface area contributed by atoms with Gasteiger partial charge in [0.1, 0.15) is 0 Å². The van der Waals surface area contributed by atoms with Gasteiger partial charge in [-0.3, -0.25) is 0 Å². The lowest BCUT2D eigenvalue weighted by molar-refractivity contribution is 0.332. The average Bonchev–Trinajstić information content (AvgIpc) is 3.48. The van der Waals surface area contributed by atoms with Crippen LogP contribution in [0.4, 0.5) is 34.1 Å². The molecule has 11 rings (SSSR count). The van der Waals surface area contributed by atoms with Gasteiger partial charge >= 0.3 is 0 Å². The van der Waals surface area contributed by atoms with Crippen LogP contribution in [-0.2, 0) is 37.9 Å². The van der Waals surface area contributed by atoms with Gasteiger partial charge in [0.15, 0.2) is 0 Å². The van der Waals surface area contributed by atoms with Crippen LogP contribution in [0.5, 0.6) is 0 Å². The number of anilines is 6. The van der Waals surface area contributed by atoms with Crippen LogP contribution in [0.1, 0.15) is 181 Å². The molecular formula is C63H73BN2. The number of rotatable bonds is 2. The molecule has 0 N–H and O–H groups in total. The summed E-state index contributed by atoms with van der Waals surface area (Å²) in [4.78, 5) is 5.44. The first-order chi connectivity index (χ1) is 30.7. The van der Waals surface area contributed by atoms with Crippen molar-refractivity contribution in [3.8, 4) is 11.1 Å². The molecule has 0 fully saturated rings. The lowest BCUT2D eigenvalue weighted by atomic mass is 9.32. The fraction of sp³-hybridized carbons (Fsp3) is 0.429. The molecule has 5 aliphatic rings. The van der Waals surface area contributed by atoms with Gasteiger partial charge in [0.25, 0.3) is 6.71 Å². The lowest BCUT2D eigenvalue weighted by Crippen LogP contribution is -2.62. The Bertz CT molecular complexity index is 3050. The maximum atomic E-state index is 2.74. The van der Waals surface area contributed by atoms with Crippen LogP contribution in [0.3, 0.4) is 0 Å². The molecule has 0 atom stereocenters. The van der Waals surface area contributed by atoms with Gasteiger partial charge in [-0.05, 0) is 167 Å². The van der Waals surface area contributed by atoms with E-state index < -0.39 is 0 Å². The van der Waals surface area contributed by atoms with Crippen LogP contribution in [-0.4, -0.2) is 6.71 Å². The first-order valence-electron chi connectivity index (χ1n) is 25.2. The summed E-state index contributed by atoms with van der Waals surface area (Å²) in [7, 11) is 0. The van der Waals surface area contributed by atoms with E-state index in [1.807, 2.05) is 0 Å². The molecule has 2 heterocycles. The van der Waals surface area contributed by atoms with Crippen LogP contribution < -0.4 is 26.2 Å². The summed E-state index contributed by atoms with van der Waals surface area (Å²) in [5.74, 6) is 0. The van der Waals surface area contributed by atoms with Crippen molar-refractivity contribution in [3.05, 3.63) is 148 Å². The standard InChI is InChI=1S/C63H73BN2/c1-57(2,3)38-24-27-50-48(32-38)64-49-36-46-47(62(13,14)31-30-61(46,11)12)37-52(49)65(40-25-26-43-45(35-40)60(9,10)29-28-59(43,7)8)53-33-39(58(4,5)6)34-54(56(53)64)66(50)51-23-19-22-44-55(51)41-20-17-18-21-42(41)63(44,15)16/h17-27,32-37H,28-31H2,1-16H3. The summed E-state index contributed by atoms with van der Waals surface area (Å²) in [6.45, 7) is 39.1. The van der Waals surface area contributed by atoms with Crippen molar-refractivity contribution >= 4 is 57.2 Å². The van der Waals surface area contributed by atoms with Crippen molar-refractivity contribution in [2.45, 2.75) is 174 Å². The highest BCUT2D eigenvalue weighted by Crippen LogP contribution is 2.57. The van der Waals surface area contributed by atoms with E-state index in [0.717, 1.165) is 0 Å². The molecule has 0 bridgehead atoms. The van der Waals surface area contributed by atoms with Gasteiger partial charge in [-0.25, -0.2) is 0 Å². The van der Waals surface area contributed by atoms with E-state index in [4.69, 9.17) is 0 Å². The van der Waals surface area contributed by atoms with Crippen LogP contribution >= 0.6 is 0 Å². The van der Waals surface area contributed by atoms with Gasteiger partial charge in [0.2, 0.25) is 0 Å². The fourth-order valence-electron chi connectivity index (χ4n) is 13.1. The van der Waals surface area contributed by atoms with E-state index in [0.29, 0.717) is 0 Å². The molecular weight excluding hydrogens is 796 g/mol.